The number of amides is 1. The molecular formula is C20H29ClIN7O2. The van der Waals surface area contributed by atoms with Crippen LogP contribution in [0.1, 0.15) is 30.9 Å². The number of ether oxygens (including phenoxy) is 1. The summed E-state index contributed by atoms with van der Waals surface area (Å²) in [6.45, 7) is 1.80. The summed E-state index contributed by atoms with van der Waals surface area (Å²) in [5.41, 5.74) is 0.744. The normalized spacial score (nSPS) is 15.6. The molecule has 9 nitrogen and oxygen atoms in total. The summed E-state index contributed by atoms with van der Waals surface area (Å²) < 4.78 is 7.04. The zero-order valence-corrected chi connectivity index (χ0v) is 20.8. The average Bonchev–Trinajstić information content (AvgIpc) is 3.14. The van der Waals surface area contributed by atoms with Crippen molar-refractivity contribution >= 4 is 53.1 Å². The largest absolute Gasteiger partial charge is 0.377 e. The Balaban J connectivity index is 0.00000341. The summed E-state index contributed by atoms with van der Waals surface area (Å²) in [6, 6.07) is 7.29. The first kappa shape index (κ1) is 25.3. The van der Waals surface area contributed by atoms with E-state index < -0.39 is 0 Å². The van der Waals surface area contributed by atoms with Crippen LogP contribution < -0.4 is 16.0 Å². The van der Waals surface area contributed by atoms with Gasteiger partial charge < -0.3 is 20.7 Å². The van der Waals surface area contributed by atoms with Crippen molar-refractivity contribution in [3.05, 3.63) is 40.9 Å². The van der Waals surface area contributed by atoms with Gasteiger partial charge in [0, 0.05) is 50.3 Å². The molecule has 1 unspecified atom stereocenters. The van der Waals surface area contributed by atoms with Gasteiger partial charge in [-0.05, 0) is 37.1 Å². The molecule has 2 heterocycles. The molecule has 1 aromatic carbocycles. The van der Waals surface area contributed by atoms with Gasteiger partial charge in [0.05, 0.1) is 6.54 Å². The Bertz CT molecular complexity index is 873. The van der Waals surface area contributed by atoms with Gasteiger partial charge in [-0.25, -0.2) is 9.67 Å². The molecule has 1 aliphatic rings. The Morgan fingerprint density at radius 2 is 2.13 bits per heavy atom. The highest BCUT2D eigenvalue weighted by Crippen LogP contribution is 2.14. The van der Waals surface area contributed by atoms with Crippen LogP contribution in [0.2, 0.25) is 5.02 Å². The first-order chi connectivity index (χ1) is 14.6. The van der Waals surface area contributed by atoms with Crippen LogP contribution in [-0.2, 0) is 29.1 Å². The fourth-order valence-corrected chi connectivity index (χ4v) is 3.40. The molecule has 0 aliphatic carbocycles. The van der Waals surface area contributed by atoms with Crippen LogP contribution in [0, 0.1) is 0 Å². The summed E-state index contributed by atoms with van der Waals surface area (Å²) in [5.74, 6) is 2.40. The van der Waals surface area contributed by atoms with E-state index in [9.17, 15) is 4.79 Å². The Morgan fingerprint density at radius 1 is 1.35 bits per heavy atom. The van der Waals surface area contributed by atoms with Crippen molar-refractivity contribution in [2.45, 2.75) is 44.9 Å². The van der Waals surface area contributed by atoms with Crippen LogP contribution in [0.15, 0.2) is 29.3 Å². The lowest BCUT2D eigenvalue weighted by Crippen LogP contribution is -2.47. The number of anilines is 1. The maximum atomic E-state index is 12.1. The van der Waals surface area contributed by atoms with Crippen LogP contribution in [0.4, 0.5) is 5.69 Å². The fourth-order valence-electron chi connectivity index (χ4n) is 3.27. The molecule has 1 atom stereocenters. The number of aromatic nitrogens is 3. The van der Waals surface area contributed by atoms with Gasteiger partial charge in [-0.2, -0.15) is 5.10 Å². The summed E-state index contributed by atoms with van der Waals surface area (Å²) in [7, 11) is 3.38. The molecule has 1 aromatic heterocycles. The number of benzene rings is 1. The Hall–Kier alpha value is -1.92. The smallest absolute Gasteiger partial charge is 0.224 e. The Morgan fingerprint density at radius 3 is 2.84 bits per heavy atom. The van der Waals surface area contributed by atoms with E-state index in [0.29, 0.717) is 36.8 Å². The lowest BCUT2D eigenvalue weighted by Gasteiger charge is -2.25. The van der Waals surface area contributed by atoms with Gasteiger partial charge in [-0.1, -0.05) is 11.6 Å². The number of hydrogen-bond acceptors (Lipinski definition) is 5. The van der Waals surface area contributed by atoms with Crippen molar-refractivity contribution in [2.24, 2.45) is 4.99 Å². The summed E-state index contributed by atoms with van der Waals surface area (Å²) in [6.07, 6.45) is 2.92. The molecule has 11 heteroatoms. The van der Waals surface area contributed by atoms with Crippen molar-refractivity contribution in [1.29, 1.82) is 0 Å². The Labute approximate surface area is 204 Å². The van der Waals surface area contributed by atoms with Crippen molar-refractivity contribution in [1.82, 2.24) is 25.4 Å². The third-order valence-electron chi connectivity index (χ3n) is 4.74. The highest BCUT2D eigenvalue weighted by atomic mass is 127. The number of aliphatic imine (C=N–C) groups is 1. The number of halogens is 2. The molecular weight excluding hydrogens is 533 g/mol. The minimum atomic E-state index is -0.0278. The van der Waals surface area contributed by atoms with Gasteiger partial charge in [-0.3, -0.25) is 9.79 Å². The summed E-state index contributed by atoms with van der Waals surface area (Å²) >= 11 is 5.85. The van der Waals surface area contributed by atoms with Crippen molar-refractivity contribution < 1.29 is 9.53 Å². The van der Waals surface area contributed by atoms with E-state index in [1.54, 1.807) is 38.4 Å². The van der Waals surface area contributed by atoms with Crippen molar-refractivity contribution in [3.63, 3.8) is 0 Å². The molecule has 0 fully saturated rings. The third-order valence-corrected chi connectivity index (χ3v) is 4.99. The summed E-state index contributed by atoms with van der Waals surface area (Å²) in [4.78, 5) is 20.8. The number of aryl methyl sites for hydroxylation is 1. The number of nitrogens with one attached hydrogen (secondary N) is 3. The van der Waals surface area contributed by atoms with Crippen molar-refractivity contribution in [2.75, 3.05) is 26.0 Å². The van der Waals surface area contributed by atoms with Gasteiger partial charge in [0.1, 0.15) is 12.4 Å². The van der Waals surface area contributed by atoms with Gasteiger partial charge in [0.15, 0.2) is 11.8 Å². The number of carbonyl (C=O) groups excluding carboxylic acids is 1. The molecule has 1 aliphatic heterocycles. The lowest BCUT2D eigenvalue weighted by atomic mass is 10.1. The predicted octanol–water partition coefficient (Wildman–Crippen LogP) is 2.59. The fraction of sp³-hybridized carbons (Fsp3) is 0.500. The molecule has 3 N–H and O–H groups in total. The van der Waals surface area contributed by atoms with Gasteiger partial charge in [0.2, 0.25) is 5.91 Å². The molecule has 2 aromatic rings. The highest BCUT2D eigenvalue weighted by molar-refractivity contribution is 14.0. The molecule has 0 saturated carbocycles. The monoisotopic (exact) mass is 561 g/mol. The van der Waals surface area contributed by atoms with E-state index in [4.69, 9.17) is 16.3 Å². The molecule has 3 rings (SSSR count). The summed E-state index contributed by atoms with van der Waals surface area (Å²) in [5, 5.41) is 14.7. The SMILES string of the molecule is CN=C(NCCCC(=O)Nc1ccc(Cl)cc1)NC1CCc2nc(COC)nn2C1.I. The van der Waals surface area contributed by atoms with Crippen LogP contribution in [0.5, 0.6) is 0 Å². The number of methoxy groups -OCH3 is 1. The number of carbonyl (C=O) groups is 1. The number of guanidine groups is 1. The first-order valence-corrected chi connectivity index (χ1v) is 10.4. The highest BCUT2D eigenvalue weighted by Gasteiger charge is 2.22. The third kappa shape index (κ3) is 7.93. The van der Waals surface area contributed by atoms with E-state index in [1.807, 2.05) is 4.68 Å². The topological polar surface area (TPSA) is 105 Å². The number of fused-ring (bicyclic) bond motifs is 1. The van der Waals surface area contributed by atoms with E-state index in [0.717, 1.165) is 36.9 Å². The molecule has 31 heavy (non-hydrogen) atoms. The van der Waals surface area contributed by atoms with Crippen LogP contribution in [0.3, 0.4) is 0 Å². The zero-order valence-electron chi connectivity index (χ0n) is 17.7. The molecule has 170 valence electrons. The second kappa shape index (κ2) is 12.8. The van der Waals surface area contributed by atoms with E-state index >= 15 is 0 Å². The average molecular weight is 562 g/mol. The maximum absolute atomic E-state index is 12.1. The van der Waals surface area contributed by atoms with Crippen LogP contribution in [0.25, 0.3) is 0 Å². The lowest BCUT2D eigenvalue weighted by molar-refractivity contribution is -0.116. The van der Waals surface area contributed by atoms with Crippen LogP contribution in [-0.4, -0.2) is 53.4 Å². The standard InChI is InChI=1S/C20H28ClN7O2.HI/c1-22-20(23-11-3-4-19(29)24-15-7-5-14(21)6-8-15)25-16-9-10-18-26-17(13-30-2)27-28(18)12-16;/h5-8,16H,3-4,9-13H2,1-2H3,(H,24,29)(H2,22,23,25);1H. The molecule has 0 radical (unpaired) electrons. The molecule has 1 amide bonds. The number of rotatable bonds is 8. The van der Waals surface area contributed by atoms with E-state index in [-0.39, 0.29) is 35.9 Å². The van der Waals surface area contributed by atoms with Crippen molar-refractivity contribution in [3.8, 4) is 0 Å². The minimum absolute atomic E-state index is 0. The van der Waals surface area contributed by atoms with E-state index in [2.05, 4.69) is 31.0 Å². The van der Waals surface area contributed by atoms with Gasteiger partial charge in [-0.15, -0.1) is 24.0 Å². The van der Waals surface area contributed by atoms with Gasteiger partial charge >= 0.3 is 0 Å². The molecule has 0 spiro atoms. The predicted molar refractivity (Wildman–Crippen MR) is 132 cm³/mol. The molecule has 0 saturated heterocycles. The maximum Gasteiger partial charge on any atom is 0.224 e. The molecule has 0 bridgehead atoms. The Kier molecular flexibility index (Phi) is 10.5. The minimum Gasteiger partial charge on any atom is -0.377 e. The number of hydrogen-bond donors (Lipinski definition) is 3. The second-order valence-corrected chi connectivity index (χ2v) is 7.53. The number of nitrogens with zero attached hydrogens (tertiary/aromatic N) is 4. The van der Waals surface area contributed by atoms with E-state index in [1.165, 1.54) is 0 Å². The van der Waals surface area contributed by atoms with Crippen LogP contribution >= 0.6 is 35.6 Å². The first-order valence-electron chi connectivity index (χ1n) is 10.0. The quantitative estimate of drug-likeness (QED) is 0.198. The van der Waals surface area contributed by atoms with Gasteiger partial charge in [0.25, 0.3) is 0 Å². The second-order valence-electron chi connectivity index (χ2n) is 7.10. The zero-order chi connectivity index (χ0) is 21.3.